The highest BCUT2D eigenvalue weighted by atomic mass is 15.2. The molecule has 0 unspecified atom stereocenters. The van der Waals surface area contributed by atoms with Crippen LogP contribution in [-0.2, 0) is 0 Å². The van der Waals surface area contributed by atoms with Crippen LogP contribution in [-0.4, -0.2) is 37.2 Å². The fraction of sp³-hybridized carbons (Fsp3) is 0.750. The highest BCUT2D eigenvalue weighted by Gasteiger charge is 2.56. The van der Waals surface area contributed by atoms with E-state index in [1.807, 2.05) is 6.20 Å². The summed E-state index contributed by atoms with van der Waals surface area (Å²) in [6.07, 6.45) is 5.91. The van der Waals surface area contributed by atoms with E-state index in [1.165, 1.54) is 24.9 Å². The van der Waals surface area contributed by atoms with Crippen LogP contribution in [0.3, 0.4) is 0 Å². The van der Waals surface area contributed by atoms with E-state index in [4.69, 9.17) is 0 Å². The molecule has 1 aromatic heterocycles. The van der Waals surface area contributed by atoms with E-state index < -0.39 is 0 Å². The molecule has 0 amide bonds. The van der Waals surface area contributed by atoms with E-state index in [2.05, 4.69) is 60.5 Å². The number of hydrogen-bond acceptors (Lipinski definition) is 4. The van der Waals surface area contributed by atoms with Crippen LogP contribution >= 0.6 is 0 Å². The van der Waals surface area contributed by atoms with Crippen molar-refractivity contribution in [3.63, 3.8) is 0 Å². The van der Waals surface area contributed by atoms with Crippen molar-refractivity contribution in [3.8, 4) is 0 Å². The predicted molar refractivity (Wildman–Crippen MR) is 100 cm³/mol. The van der Waals surface area contributed by atoms with Crippen LogP contribution in [0.4, 0.5) is 11.5 Å². The molecule has 1 saturated heterocycles. The molecule has 4 aliphatic rings. The minimum atomic E-state index is 0.546. The summed E-state index contributed by atoms with van der Waals surface area (Å²) in [7, 11) is 2.06. The molecule has 3 aliphatic carbocycles. The second-order valence-corrected chi connectivity index (χ2v) is 8.83. The second kappa shape index (κ2) is 5.91. The van der Waals surface area contributed by atoms with Gasteiger partial charge >= 0.3 is 0 Å². The normalized spacial score (nSPS) is 37.2. The number of nitrogens with one attached hydrogen (secondary N) is 2. The van der Waals surface area contributed by atoms with Crippen LogP contribution in [0.15, 0.2) is 18.3 Å². The zero-order chi connectivity index (χ0) is 16.9. The van der Waals surface area contributed by atoms with Gasteiger partial charge < -0.3 is 15.5 Å². The van der Waals surface area contributed by atoms with Crippen molar-refractivity contribution >= 4 is 11.5 Å². The highest BCUT2D eigenvalue weighted by Crippen LogP contribution is 2.61. The summed E-state index contributed by atoms with van der Waals surface area (Å²) in [5.41, 5.74) is 1.85. The third-order valence-corrected chi connectivity index (χ3v) is 7.39. The van der Waals surface area contributed by atoms with E-state index >= 15 is 0 Å². The maximum atomic E-state index is 4.60. The van der Waals surface area contributed by atoms with Gasteiger partial charge in [0.15, 0.2) is 0 Å². The highest BCUT2D eigenvalue weighted by molar-refractivity contribution is 5.55. The molecule has 0 aromatic carbocycles. The number of rotatable bonds is 4. The number of likely N-dealkylation sites (N-methyl/N-ethyl adjacent to an activating group) is 1. The van der Waals surface area contributed by atoms with E-state index in [9.17, 15) is 0 Å². The van der Waals surface area contributed by atoms with Crippen molar-refractivity contribution in [2.45, 2.75) is 52.1 Å². The number of nitrogens with zero attached hydrogens (tertiary/aromatic N) is 2. The quantitative estimate of drug-likeness (QED) is 0.889. The monoisotopic (exact) mass is 328 g/mol. The third kappa shape index (κ3) is 2.59. The van der Waals surface area contributed by atoms with Gasteiger partial charge in [0.05, 0.1) is 0 Å². The largest absolute Gasteiger partial charge is 0.370 e. The zero-order valence-electron chi connectivity index (χ0n) is 15.5. The molecule has 5 atom stereocenters. The predicted octanol–water partition coefficient (Wildman–Crippen LogP) is 3.36. The van der Waals surface area contributed by atoms with Crippen LogP contribution < -0.4 is 15.5 Å². The molecule has 2 N–H and O–H groups in total. The molecule has 4 fully saturated rings. The molecule has 1 aromatic rings. The lowest BCUT2D eigenvalue weighted by atomic mass is 9.45. The SMILES string of the molecule is CN[C@@H]1CCN(c2ccnc(N[C@@H]3C[C@H]4C[C@H]([C@@H]3C)C4(C)C)c2)C1. The number of aromatic nitrogens is 1. The third-order valence-electron chi connectivity index (χ3n) is 7.39. The van der Waals surface area contributed by atoms with E-state index in [-0.39, 0.29) is 0 Å². The molecule has 2 heterocycles. The molecule has 0 spiro atoms. The van der Waals surface area contributed by atoms with Crippen molar-refractivity contribution in [1.29, 1.82) is 0 Å². The standard InChI is InChI=1S/C20H32N4/c1-13-17-9-14(20(17,2)3)10-18(13)23-19-11-16(5-7-22-19)24-8-6-15(12-24)21-4/h5,7,11,13-15,17-18,21H,6,8-10,12H2,1-4H3,(H,22,23)/t13-,14+,15+,17+,18+/m0/s1. The zero-order valence-corrected chi connectivity index (χ0v) is 15.5. The molecular formula is C20H32N4. The Labute approximate surface area is 146 Å². The van der Waals surface area contributed by atoms with E-state index in [0.29, 0.717) is 17.5 Å². The fourth-order valence-corrected chi connectivity index (χ4v) is 5.46. The van der Waals surface area contributed by atoms with Gasteiger partial charge in [0, 0.05) is 43.1 Å². The lowest BCUT2D eigenvalue weighted by Crippen LogP contribution is -2.58. The van der Waals surface area contributed by atoms with Crippen LogP contribution in [0.5, 0.6) is 0 Å². The summed E-state index contributed by atoms with van der Waals surface area (Å²) in [6, 6.07) is 5.58. The van der Waals surface area contributed by atoms with Gasteiger partial charge in [0.2, 0.25) is 0 Å². The van der Waals surface area contributed by atoms with Gasteiger partial charge in [-0.05, 0) is 55.5 Å². The molecule has 132 valence electrons. The molecule has 2 bridgehead atoms. The minimum Gasteiger partial charge on any atom is -0.370 e. The van der Waals surface area contributed by atoms with Gasteiger partial charge in [-0.15, -0.1) is 0 Å². The van der Waals surface area contributed by atoms with Gasteiger partial charge in [-0.25, -0.2) is 4.98 Å². The number of anilines is 2. The number of hydrogen-bond donors (Lipinski definition) is 2. The Morgan fingerprint density at radius 1 is 1.29 bits per heavy atom. The average Bonchev–Trinajstić information content (AvgIpc) is 3.05. The Balaban J connectivity index is 1.44. The number of fused-ring (bicyclic) bond motifs is 2. The second-order valence-electron chi connectivity index (χ2n) is 8.83. The average molecular weight is 329 g/mol. The molecule has 0 radical (unpaired) electrons. The summed E-state index contributed by atoms with van der Waals surface area (Å²) in [4.78, 5) is 7.07. The van der Waals surface area contributed by atoms with Gasteiger partial charge in [-0.2, -0.15) is 0 Å². The molecule has 24 heavy (non-hydrogen) atoms. The maximum absolute atomic E-state index is 4.60. The molecule has 4 nitrogen and oxygen atoms in total. The van der Waals surface area contributed by atoms with Gasteiger partial charge in [0.1, 0.15) is 5.82 Å². The lowest BCUT2D eigenvalue weighted by Gasteiger charge is -2.62. The van der Waals surface area contributed by atoms with Crippen molar-refractivity contribution in [2.24, 2.45) is 23.2 Å². The minimum absolute atomic E-state index is 0.546. The van der Waals surface area contributed by atoms with Gasteiger partial charge in [0.25, 0.3) is 0 Å². The fourth-order valence-electron chi connectivity index (χ4n) is 5.46. The Morgan fingerprint density at radius 2 is 2.12 bits per heavy atom. The van der Waals surface area contributed by atoms with Crippen LogP contribution in [0.2, 0.25) is 0 Å². The number of pyridine rings is 1. The Kier molecular flexibility index (Phi) is 3.98. The summed E-state index contributed by atoms with van der Waals surface area (Å²) < 4.78 is 0. The lowest BCUT2D eigenvalue weighted by molar-refractivity contribution is -0.105. The van der Waals surface area contributed by atoms with Crippen molar-refractivity contribution in [1.82, 2.24) is 10.3 Å². The van der Waals surface area contributed by atoms with Crippen LogP contribution in [0.1, 0.15) is 40.0 Å². The Morgan fingerprint density at radius 3 is 2.79 bits per heavy atom. The van der Waals surface area contributed by atoms with Crippen molar-refractivity contribution in [2.75, 3.05) is 30.4 Å². The summed E-state index contributed by atoms with van der Waals surface area (Å²) in [5.74, 6) is 3.54. The van der Waals surface area contributed by atoms with E-state index in [0.717, 1.165) is 36.7 Å². The molecule has 1 aliphatic heterocycles. The van der Waals surface area contributed by atoms with Crippen LogP contribution in [0, 0.1) is 23.2 Å². The summed E-state index contributed by atoms with van der Waals surface area (Å²) in [6.45, 7) is 9.58. The summed E-state index contributed by atoms with van der Waals surface area (Å²) in [5, 5.41) is 7.16. The van der Waals surface area contributed by atoms with Crippen LogP contribution in [0.25, 0.3) is 0 Å². The van der Waals surface area contributed by atoms with Crippen molar-refractivity contribution in [3.05, 3.63) is 18.3 Å². The molecule has 3 saturated carbocycles. The Hall–Kier alpha value is -1.29. The van der Waals surface area contributed by atoms with Crippen molar-refractivity contribution < 1.29 is 0 Å². The Bertz CT molecular complexity index is 599. The first-order valence-corrected chi connectivity index (χ1v) is 9.64. The maximum Gasteiger partial charge on any atom is 0.128 e. The summed E-state index contributed by atoms with van der Waals surface area (Å²) >= 11 is 0. The first kappa shape index (κ1) is 16.2. The first-order chi connectivity index (χ1) is 11.5. The van der Waals surface area contributed by atoms with E-state index in [1.54, 1.807) is 0 Å². The van der Waals surface area contributed by atoms with Gasteiger partial charge in [-0.1, -0.05) is 20.8 Å². The molecule has 4 heteroatoms. The molecule has 5 rings (SSSR count). The topological polar surface area (TPSA) is 40.2 Å². The molecular weight excluding hydrogens is 296 g/mol. The first-order valence-electron chi connectivity index (χ1n) is 9.64. The van der Waals surface area contributed by atoms with Gasteiger partial charge in [-0.3, -0.25) is 0 Å². The smallest absolute Gasteiger partial charge is 0.128 e.